The van der Waals surface area contributed by atoms with Gasteiger partial charge in [-0.2, -0.15) is 0 Å². The Hall–Kier alpha value is -2.14. The highest BCUT2D eigenvalue weighted by atomic mass is 79.9. The molecule has 5 heteroatoms. The molecule has 0 spiro atoms. The molecule has 0 bridgehead atoms. The molecule has 0 saturated heterocycles. The second kappa shape index (κ2) is 5.69. The minimum absolute atomic E-state index is 0.173. The van der Waals surface area contributed by atoms with Gasteiger partial charge in [0, 0.05) is 28.2 Å². The van der Waals surface area contributed by atoms with Crippen LogP contribution in [0.25, 0.3) is 10.8 Å². The summed E-state index contributed by atoms with van der Waals surface area (Å²) < 4.78 is 14.6. The number of hydrogen-bond acceptors (Lipinski definition) is 3. The van der Waals surface area contributed by atoms with E-state index in [1.165, 1.54) is 6.07 Å². The van der Waals surface area contributed by atoms with Crippen molar-refractivity contribution in [2.75, 3.05) is 5.32 Å². The Balaban J connectivity index is 1.91. The van der Waals surface area contributed by atoms with E-state index in [0.29, 0.717) is 17.9 Å². The normalized spacial score (nSPS) is 10.8. The number of anilines is 1. The van der Waals surface area contributed by atoms with Crippen molar-refractivity contribution >= 4 is 32.5 Å². The molecule has 0 atom stereocenters. The van der Waals surface area contributed by atoms with E-state index in [1.54, 1.807) is 30.5 Å². The molecule has 0 saturated carbocycles. The minimum Gasteiger partial charge on any atom is -0.508 e. The van der Waals surface area contributed by atoms with Gasteiger partial charge in [0.05, 0.1) is 0 Å². The molecule has 21 heavy (non-hydrogen) atoms. The van der Waals surface area contributed by atoms with Crippen LogP contribution in [0, 0.1) is 5.82 Å². The van der Waals surface area contributed by atoms with Gasteiger partial charge in [0.1, 0.15) is 17.4 Å². The topological polar surface area (TPSA) is 45.2 Å². The number of nitrogens with one attached hydrogen (secondary N) is 1. The van der Waals surface area contributed by atoms with Crippen LogP contribution in [-0.2, 0) is 6.54 Å². The van der Waals surface area contributed by atoms with Gasteiger partial charge in [0.15, 0.2) is 0 Å². The average molecular weight is 347 g/mol. The lowest BCUT2D eigenvalue weighted by atomic mass is 10.1. The van der Waals surface area contributed by atoms with E-state index in [9.17, 15) is 9.50 Å². The molecule has 3 nitrogen and oxygen atoms in total. The molecule has 106 valence electrons. The molecule has 0 amide bonds. The standard InChI is InChI=1S/C16H12BrFN2O/c17-12-2-4-15(18)11(7-12)9-20-16-14-8-13(21)3-1-10(14)5-6-19-16/h1-8,21H,9H2,(H,19,20). The summed E-state index contributed by atoms with van der Waals surface area (Å²) in [5.74, 6) is 0.517. The molecule has 3 rings (SSSR count). The summed E-state index contributed by atoms with van der Waals surface area (Å²) in [5, 5.41) is 14.5. The van der Waals surface area contributed by atoms with E-state index < -0.39 is 0 Å². The molecule has 0 unspecified atom stereocenters. The maximum atomic E-state index is 13.7. The fourth-order valence-electron chi connectivity index (χ4n) is 2.15. The van der Waals surface area contributed by atoms with Gasteiger partial charge in [0.25, 0.3) is 0 Å². The fraction of sp³-hybridized carbons (Fsp3) is 0.0625. The summed E-state index contributed by atoms with van der Waals surface area (Å²) in [7, 11) is 0. The largest absolute Gasteiger partial charge is 0.508 e. The molecule has 0 fully saturated rings. The van der Waals surface area contributed by atoms with E-state index >= 15 is 0 Å². The van der Waals surface area contributed by atoms with E-state index in [-0.39, 0.29) is 11.6 Å². The van der Waals surface area contributed by atoms with Crippen molar-refractivity contribution in [2.45, 2.75) is 6.54 Å². The van der Waals surface area contributed by atoms with Gasteiger partial charge in [-0.25, -0.2) is 9.37 Å². The van der Waals surface area contributed by atoms with Crippen LogP contribution in [0.5, 0.6) is 5.75 Å². The van der Waals surface area contributed by atoms with Crippen LogP contribution in [0.15, 0.2) is 53.1 Å². The summed E-state index contributed by atoms with van der Waals surface area (Å²) in [6.07, 6.45) is 1.68. The number of nitrogens with zero attached hydrogens (tertiary/aromatic N) is 1. The van der Waals surface area contributed by atoms with Crippen LogP contribution >= 0.6 is 15.9 Å². The van der Waals surface area contributed by atoms with Gasteiger partial charge in [-0.3, -0.25) is 0 Å². The molecular weight excluding hydrogens is 335 g/mol. The SMILES string of the molecule is Oc1ccc2ccnc(NCc3cc(Br)ccc3F)c2c1. The number of halogens is 2. The number of fused-ring (bicyclic) bond motifs is 1. The molecule has 0 radical (unpaired) electrons. The second-order valence-electron chi connectivity index (χ2n) is 4.65. The van der Waals surface area contributed by atoms with Gasteiger partial charge in [0.2, 0.25) is 0 Å². The summed E-state index contributed by atoms with van der Waals surface area (Å²) in [4.78, 5) is 4.26. The zero-order valence-corrected chi connectivity index (χ0v) is 12.6. The summed E-state index contributed by atoms with van der Waals surface area (Å²) >= 11 is 3.33. The maximum absolute atomic E-state index is 13.7. The smallest absolute Gasteiger partial charge is 0.134 e. The predicted octanol–water partition coefficient (Wildman–Crippen LogP) is 4.45. The zero-order chi connectivity index (χ0) is 14.8. The zero-order valence-electron chi connectivity index (χ0n) is 11.0. The number of pyridine rings is 1. The van der Waals surface area contributed by atoms with Crippen molar-refractivity contribution in [3.63, 3.8) is 0 Å². The molecule has 2 N–H and O–H groups in total. The molecule has 0 aliphatic carbocycles. The quantitative estimate of drug-likeness (QED) is 0.736. The first-order valence-electron chi connectivity index (χ1n) is 6.39. The van der Waals surface area contributed by atoms with Crippen LogP contribution in [0.2, 0.25) is 0 Å². The van der Waals surface area contributed by atoms with Gasteiger partial charge < -0.3 is 10.4 Å². The molecule has 2 aromatic carbocycles. The summed E-state index contributed by atoms with van der Waals surface area (Å²) in [6, 6.07) is 11.8. The van der Waals surface area contributed by atoms with Crippen LogP contribution in [-0.4, -0.2) is 10.1 Å². The maximum Gasteiger partial charge on any atom is 0.134 e. The number of phenolic OH excluding ortho intramolecular Hbond substituents is 1. The molecule has 1 aromatic heterocycles. The van der Waals surface area contributed by atoms with Gasteiger partial charge in [-0.05, 0) is 41.8 Å². The fourth-order valence-corrected chi connectivity index (χ4v) is 2.56. The Labute approximate surface area is 129 Å². The van der Waals surface area contributed by atoms with Crippen molar-refractivity contribution < 1.29 is 9.50 Å². The average Bonchev–Trinajstić information content (AvgIpc) is 2.48. The van der Waals surface area contributed by atoms with Crippen LogP contribution < -0.4 is 5.32 Å². The van der Waals surface area contributed by atoms with E-state index in [4.69, 9.17) is 0 Å². The highest BCUT2D eigenvalue weighted by Crippen LogP contribution is 2.26. The van der Waals surface area contributed by atoms with Crippen molar-refractivity contribution in [3.8, 4) is 5.75 Å². The first kappa shape index (κ1) is 13.8. The molecular formula is C16H12BrFN2O. The Kier molecular flexibility index (Phi) is 3.75. The van der Waals surface area contributed by atoms with Crippen molar-refractivity contribution in [1.29, 1.82) is 0 Å². The minimum atomic E-state index is -0.270. The highest BCUT2D eigenvalue weighted by Gasteiger charge is 2.06. The van der Waals surface area contributed by atoms with E-state index in [2.05, 4.69) is 26.2 Å². The highest BCUT2D eigenvalue weighted by molar-refractivity contribution is 9.10. The van der Waals surface area contributed by atoms with Crippen molar-refractivity contribution in [1.82, 2.24) is 4.98 Å². The van der Waals surface area contributed by atoms with Crippen LogP contribution in [0.4, 0.5) is 10.2 Å². The molecule has 0 aliphatic heterocycles. The lowest BCUT2D eigenvalue weighted by Gasteiger charge is -2.10. The number of aromatic nitrogens is 1. The molecule has 1 heterocycles. The lowest BCUT2D eigenvalue weighted by molar-refractivity contribution is 0.476. The second-order valence-corrected chi connectivity index (χ2v) is 5.57. The van der Waals surface area contributed by atoms with Gasteiger partial charge in [-0.1, -0.05) is 22.0 Å². The first-order valence-corrected chi connectivity index (χ1v) is 7.18. The third-order valence-corrected chi connectivity index (χ3v) is 3.70. The van der Waals surface area contributed by atoms with E-state index in [1.807, 2.05) is 12.1 Å². The Morgan fingerprint density at radius 2 is 2.00 bits per heavy atom. The van der Waals surface area contributed by atoms with Gasteiger partial charge in [-0.15, -0.1) is 0 Å². The van der Waals surface area contributed by atoms with Gasteiger partial charge >= 0.3 is 0 Å². The van der Waals surface area contributed by atoms with Crippen LogP contribution in [0.1, 0.15) is 5.56 Å². The number of hydrogen-bond donors (Lipinski definition) is 2. The van der Waals surface area contributed by atoms with Crippen molar-refractivity contribution in [2.24, 2.45) is 0 Å². The number of rotatable bonds is 3. The number of benzene rings is 2. The Morgan fingerprint density at radius 1 is 1.14 bits per heavy atom. The number of phenols is 1. The Bertz CT molecular complexity index is 807. The number of aromatic hydroxyl groups is 1. The Morgan fingerprint density at radius 3 is 2.86 bits per heavy atom. The third kappa shape index (κ3) is 2.97. The molecule has 3 aromatic rings. The monoisotopic (exact) mass is 346 g/mol. The lowest BCUT2D eigenvalue weighted by Crippen LogP contribution is -2.03. The summed E-state index contributed by atoms with van der Waals surface area (Å²) in [6.45, 7) is 0.313. The first-order chi connectivity index (χ1) is 10.1. The third-order valence-electron chi connectivity index (χ3n) is 3.20. The van der Waals surface area contributed by atoms with Crippen LogP contribution in [0.3, 0.4) is 0 Å². The van der Waals surface area contributed by atoms with Crippen molar-refractivity contribution in [3.05, 3.63) is 64.5 Å². The summed E-state index contributed by atoms with van der Waals surface area (Å²) in [5.41, 5.74) is 0.545. The predicted molar refractivity (Wildman–Crippen MR) is 84.8 cm³/mol. The molecule has 0 aliphatic rings. The van der Waals surface area contributed by atoms with E-state index in [0.717, 1.165) is 15.2 Å².